The number of hydrogen-bond donors (Lipinski definition) is 3. The maximum atomic E-state index is 11.9. The summed E-state index contributed by atoms with van der Waals surface area (Å²) in [5, 5.41) is 3.64. The molecule has 0 aliphatic carbocycles. The van der Waals surface area contributed by atoms with Crippen LogP contribution in [0.3, 0.4) is 0 Å². The van der Waals surface area contributed by atoms with Gasteiger partial charge in [0.15, 0.2) is 29.0 Å². The quantitative estimate of drug-likeness (QED) is 0.216. The number of carbonyl (C=O) groups is 2. The number of ether oxygens (including phenoxy) is 4. The van der Waals surface area contributed by atoms with Gasteiger partial charge in [-0.2, -0.15) is 4.99 Å². The van der Waals surface area contributed by atoms with Crippen LogP contribution in [0.15, 0.2) is 65.7 Å². The molecule has 0 aliphatic rings. The highest BCUT2D eigenvalue weighted by Crippen LogP contribution is 2.28. The Labute approximate surface area is 245 Å². The fourth-order valence-electron chi connectivity index (χ4n) is 3.77. The Hall–Kier alpha value is -4.44. The molecule has 2 amide bonds. The minimum Gasteiger partial charge on any atom is -0.493 e. The summed E-state index contributed by atoms with van der Waals surface area (Å²) in [5.41, 5.74) is 13.0. The van der Waals surface area contributed by atoms with E-state index >= 15 is 0 Å². The number of nitrogens with zero attached hydrogens (tertiary/aromatic N) is 1. The highest BCUT2D eigenvalue weighted by Gasteiger charge is 2.09. The number of aliphatic imine (C=N–C) groups is 1. The third-order valence-electron chi connectivity index (χ3n) is 5.82. The average molecular weight is 585 g/mol. The van der Waals surface area contributed by atoms with E-state index in [0.717, 1.165) is 23.1 Å². The summed E-state index contributed by atoms with van der Waals surface area (Å²) in [4.78, 5) is 26.7. The van der Waals surface area contributed by atoms with Gasteiger partial charge >= 0.3 is 0 Å². The normalized spacial score (nSPS) is 9.98. The van der Waals surface area contributed by atoms with Crippen LogP contribution in [-0.2, 0) is 28.9 Å². The third kappa shape index (κ3) is 11.3. The molecule has 0 radical (unpaired) electrons. The molecule has 0 spiro atoms. The molecule has 10 nitrogen and oxygen atoms in total. The first-order valence-electron chi connectivity index (χ1n) is 12.7. The molecule has 3 rings (SSSR count). The first kappa shape index (κ1) is 32.8. The zero-order valence-electron chi connectivity index (χ0n) is 23.7. The number of carbonyl (C=O) groups excluding carboxylic acids is 2. The number of methoxy groups -OCH3 is 4. The zero-order chi connectivity index (χ0) is 30.2. The molecule has 11 heteroatoms. The van der Waals surface area contributed by atoms with Crippen LogP contribution < -0.4 is 35.7 Å². The van der Waals surface area contributed by atoms with Crippen LogP contribution in [0, 0.1) is 0 Å². The molecule has 0 unspecified atom stereocenters. The number of aryl methyl sites for hydroxylation is 1. The Morgan fingerprint density at radius 1 is 0.780 bits per heavy atom. The fraction of sp³-hybridized carbons (Fsp3) is 0.300. The summed E-state index contributed by atoms with van der Waals surface area (Å²) in [6, 6.07) is 18.5. The summed E-state index contributed by atoms with van der Waals surface area (Å²) in [5.74, 6) is 1.93. The largest absolute Gasteiger partial charge is 0.493 e. The predicted molar refractivity (Wildman–Crippen MR) is 160 cm³/mol. The summed E-state index contributed by atoms with van der Waals surface area (Å²) in [6.45, 7) is 0.580. The molecule has 3 aromatic rings. The lowest BCUT2D eigenvalue weighted by Crippen LogP contribution is -2.25. The maximum Gasteiger partial charge on any atom is 0.253 e. The molecule has 0 aliphatic heterocycles. The van der Waals surface area contributed by atoms with E-state index < -0.39 is 5.91 Å². The number of nitrogens with two attached hydrogens (primary N) is 2. The molecule has 0 aromatic heterocycles. The van der Waals surface area contributed by atoms with Gasteiger partial charge in [0.05, 0.1) is 34.9 Å². The molecule has 5 N–H and O–H groups in total. The Morgan fingerprint density at radius 3 is 1.90 bits per heavy atom. The van der Waals surface area contributed by atoms with Crippen molar-refractivity contribution in [2.75, 3.05) is 35.0 Å². The molecule has 220 valence electrons. The first-order valence-corrected chi connectivity index (χ1v) is 13.1. The van der Waals surface area contributed by atoms with Crippen molar-refractivity contribution in [1.29, 1.82) is 0 Å². The highest BCUT2D eigenvalue weighted by atomic mass is 35.5. The number of benzene rings is 3. The van der Waals surface area contributed by atoms with Gasteiger partial charge in [0.1, 0.15) is 0 Å². The number of rotatable bonds is 12. The van der Waals surface area contributed by atoms with Crippen molar-refractivity contribution in [3.63, 3.8) is 0 Å². The van der Waals surface area contributed by atoms with Gasteiger partial charge in [-0.3, -0.25) is 9.59 Å². The molecule has 0 saturated carbocycles. The van der Waals surface area contributed by atoms with Gasteiger partial charge in [-0.15, -0.1) is 0 Å². The van der Waals surface area contributed by atoms with E-state index in [1.807, 2.05) is 42.5 Å². The molecule has 0 atom stereocenters. The van der Waals surface area contributed by atoms with E-state index in [2.05, 4.69) is 10.3 Å². The van der Waals surface area contributed by atoms with Crippen molar-refractivity contribution in [3.8, 4) is 23.0 Å². The van der Waals surface area contributed by atoms with Crippen LogP contribution in [0.2, 0.25) is 5.02 Å². The second-order valence-electron chi connectivity index (χ2n) is 8.68. The van der Waals surface area contributed by atoms with Crippen LogP contribution in [0.4, 0.5) is 0 Å². The van der Waals surface area contributed by atoms with Gasteiger partial charge in [0.2, 0.25) is 5.91 Å². The smallest absolute Gasteiger partial charge is 0.253 e. The average Bonchev–Trinajstić information content (AvgIpc) is 2.96. The molecule has 3 aromatic carbocycles. The van der Waals surface area contributed by atoms with Crippen LogP contribution in [0.1, 0.15) is 23.1 Å². The molecule has 41 heavy (non-hydrogen) atoms. The van der Waals surface area contributed by atoms with E-state index in [4.69, 9.17) is 42.0 Å². The zero-order valence-corrected chi connectivity index (χ0v) is 24.5. The summed E-state index contributed by atoms with van der Waals surface area (Å²) in [7, 11) is 6.29. The summed E-state index contributed by atoms with van der Waals surface area (Å²) >= 11 is 6.09. The van der Waals surface area contributed by atoms with Crippen LogP contribution in [0.25, 0.3) is 0 Å². The minimum absolute atomic E-state index is 0.0235. The second kappa shape index (κ2) is 17.3. The van der Waals surface area contributed by atoms with Gasteiger partial charge < -0.3 is 35.7 Å². The number of guanidine groups is 1. The fourth-order valence-corrected chi connectivity index (χ4v) is 4.00. The number of nitrogens with one attached hydrogen (secondary N) is 1. The minimum atomic E-state index is -0.405. The maximum absolute atomic E-state index is 11.9. The highest BCUT2D eigenvalue weighted by molar-refractivity contribution is 6.31. The lowest BCUT2D eigenvalue weighted by molar-refractivity contribution is -0.121. The van der Waals surface area contributed by atoms with Crippen LogP contribution in [-0.4, -0.2) is 52.8 Å². The number of hydrogen-bond acceptors (Lipinski definition) is 6. The lowest BCUT2D eigenvalue weighted by atomic mass is 10.1. The van der Waals surface area contributed by atoms with E-state index in [1.54, 1.807) is 39.5 Å². The van der Waals surface area contributed by atoms with Crippen molar-refractivity contribution in [2.45, 2.75) is 25.7 Å². The van der Waals surface area contributed by atoms with Gasteiger partial charge in [0.25, 0.3) is 5.91 Å². The van der Waals surface area contributed by atoms with E-state index in [1.165, 1.54) is 7.11 Å². The van der Waals surface area contributed by atoms with Crippen molar-refractivity contribution < 1.29 is 28.5 Å². The first-order chi connectivity index (χ1) is 19.7. The van der Waals surface area contributed by atoms with Gasteiger partial charge in [-0.1, -0.05) is 41.9 Å². The van der Waals surface area contributed by atoms with Gasteiger partial charge in [-0.05, 0) is 59.9 Å². The second-order valence-corrected chi connectivity index (χ2v) is 9.08. The van der Waals surface area contributed by atoms with Crippen molar-refractivity contribution in [2.24, 2.45) is 16.5 Å². The molecular weight excluding hydrogens is 548 g/mol. The Morgan fingerprint density at radius 2 is 1.34 bits per heavy atom. The van der Waals surface area contributed by atoms with Crippen LogP contribution >= 0.6 is 11.6 Å². The summed E-state index contributed by atoms with van der Waals surface area (Å²) < 4.78 is 20.7. The van der Waals surface area contributed by atoms with Crippen molar-refractivity contribution in [1.82, 2.24) is 5.32 Å². The lowest BCUT2D eigenvalue weighted by Gasteiger charge is -2.10. The van der Waals surface area contributed by atoms with Gasteiger partial charge in [0, 0.05) is 18.0 Å². The number of amides is 2. The van der Waals surface area contributed by atoms with Gasteiger partial charge in [-0.25, -0.2) is 0 Å². The standard InChI is InChI=1S/C19H22ClNO3.C11H15N3O3/c1-23-17-9-7-14(13-18(17)24-2)11-12-21-19(22)10-8-15-5-3-4-6-16(15)20;1-16-8-4-3-7(5-9(8)17-2)6-10(15)14-11(12)13/h3-7,9,13H,8,10-12H2,1-2H3,(H,21,22);3-5H,6H2,1-2H3,(H4,12,13,14,15). The SMILES string of the molecule is COc1ccc(CC(=O)N=C(N)N)cc1OC.COc1ccc(CCNC(=O)CCc2ccccc2Cl)cc1OC. The summed E-state index contributed by atoms with van der Waals surface area (Å²) in [6.07, 6.45) is 1.91. The predicted octanol–water partition coefficient (Wildman–Crippen LogP) is 3.70. The molecule has 0 bridgehead atoms. The van der Waals surface area contributed by atoms with E-state index in [-0.39, 0.29) is 18.3 Å². The van der Waals surface area contributed by atoms with Crippen molar-refractivity contribution >= 4 is 29.4 Å². The van der Waals surface area contributed by atoms with E-state index in [0.29, 0.717) is 47.4 Å². The molecule has 0 heterocycles. The van der Waals surface area contributed by atoms with Crippen LogP contribution in [0.5, 0.6) is 23.0 Å². The molecule has 0 saturated heterocycles. The number of halogens is 1. The van der Waals surface area contributed by atoms with Crippen molar-refractivity contribution in [3.05, 3.63) is 82.4 Å². The Kier molecular flexibility index (Phi) is 13.8. The topological polar surface area (TPSA) is 147 Å². The monoisotopic (exact) mass is 584 g/mol. The van der Waals surface area contributed by atoms with E-state index in [9.17, 15) is 9.59 Å². The molecule has 0 fully saturated rings. The Balaban J connectivity index is 0.000000305. The third-order valence-corrected chi connectivity index (χ3v) is 6.19. The Bertz CT molecular complexity index is 1330. The molecular formula is C30H37ClN4O6.